The number of hydrogen-bond acceptors (Lipinski definition) is 2. The van der Waals surface area contributed by atoms with Gasteiger partial charge < -0.3 is 4.74 Å². The van der Waals surface area contributed by atoms with Crippen molar-refractivity contribution in [2.75, 3.05) is 13.1 Å². The van der Waals surface area contributed by atoms with Gasteiger partial charge in [-0.3, -0.25) is 0 Å². The average Bonchev–Trinajstić information content (AvgIpc) is 1.93. The predicted octanol–water partition coefficient (Wildman–Crippen LogP) is 2.23. The third-order valence-electron chi connectivity index (χ3n) is 1.85. The van der Waals surface area contributed by atoms with Crippen molar-refractivity contribution in [3.05, 3.63) is 0 Å². The van der Waals surface area contributed by atoms with Crippen molar-refractivity contribution in [2.24, 2.45) is 0 Å². The first-order valence-corrected chi connectivity index (χ1v) is 5.21. The molecule has 1 aliphatic heterocycles. The van der Waals surface area contributed by atoms with Gasteiger partial charge in [0.1, 0.15) is 0 Å². The molecule has 1 heterocycles. The van der Waals surface area contributed by atoms with Crippen molar-refractivity contribution in [1.29, 1.82) is 0 Å². The fraction of sp³-hybridized carbons (Fsp3) is 1.00. The third-order valence-corrected chi connectivity index (χ3v) is 2.82. The molecule has 0 aliphatic carbocycles. The maximum atomic E-state index is 5.71. The fourth-order valence-corrected chi connectivity index (χ4v) is 1.90. The molecule has 1 aliphatic rings. The number of halogens is 1. The zero-order valence-electron chi connectivity index (χ0n) is 7.22. The van der Waals surface area contributed by atoms with Crippen LogP contribution in [0.1, 0.15) is 26.7 Å². The lowest BCUT2D eigenvalue weighted by Crippen LogP contribution is -2.32. The topological polar surface area (TPSA) is 12.5 Å². The van der Waals surface area contributed by atoms with Gasteiger partial charge >= 0.3 is 0 Å². The molecule has 0 unspecified atom stereocenters. The Labute approximate surface area is 82.8 Å². The Morgan fingerprint density at radius 3 is 2.36 bits per heavy atom. The molecule has 0 saturated carbocycles. The first-order chi connectivity index (χ1) is 5.18. The highest BCUT2D eigenvalue weighted by Gasteiger charge is 2.18. The van der Waals surface area contributed by atoms with E-state index in [-0.39, 0.29) is 0 Å². The summed E-state index contributed by atoms with van der Waals surface area (Å²) >= 11 is 2.38. The highest BCUT2D eigenvalue weighted by molar-refractivity contribution is 14.1. The molecule has 0 N–H and O–H groups in total. The molecule has 1 saturated heterocycles. The van der Waals surface area contributed by atoms with E-state index in [9.17, 15) is 0 Å². The molecule has 0 aromatic carbocycles. The van der Waals surface area contributed by atoms with Crippen LogP contribution in [-0.4, -0.2) is 28.4 Å². The maximum absolute atomic E-state index is 5.71. The fourth-order valence-electron chi connectivity index (χ4n) is 1.35. The van der Waals surface area contributed by atoms with Gasteiger partial charge in [-0.15, -0.1) is 0 Å². The molecule has 0 atom stereocenters. The number of rotatable bonds is 2. The largest absolute Gasteiger partial charge is 0.375 e. The van der Waals surface area contributed by atoms with E-state index in [0.29, 0.717) is 12.2 Å². The second-order valence-corrected chi connectivity index (χ2v) is 4.66. The van der Waals surface area contributed by atoms with Gasteiger partial charge in [0.2, 0.25) is 0 Å². The number of piperidine rings is 1. The average molecular weight is 269 g/mol. The summed E-state index contributed by atoms with van der Waals surface area (Å²) < 4.78 is 8.04. The first-order valence-electron chi connectivity index (χ1n) is 4.24. The Kier molecular flexibility index (Phi) is 4.09. The minimum atomic E-state index is 0.390. The van der Waals surface area contributed by atoms with Gasteiger partial charge in [0.25, 0.3) is 0 Å². The van der Waals surface area contributed by atoms with Crippen molar-refractivity contribution < 1.29 is 4.74 Å². The van der Waals surface area contributed by atoms with E-state index in [0.717, 1.165) is 0 Å². The Balaban J connectivity index is 2.17. The first kappa shape index (κ1) is 9.74. The van der Waals surface area contributed by atoms with Crippen LogP contribution in [0.4, 0.5) is 0 Å². The Bertz CT molecular complexity index is 111. The van der Waals surface area contributed by atoms with Crippen molar-refractivity contribution in [2.45, 2.75) is 38.9 Å². The molecule has 0 radical (unpaired) electrons. The lowest BCUT2D eigenvalue weighted by atomic mass is 10.1. The number of hydrogen-bond donors (Lipinski definition) is 0. The molecule has 2 nitrogen and oxygen atoms in total. The van der Waals surface area contributed by atoms with E-state index in [1.54, 1.807) is 0 Å². The van der Waals surface area contributed by atoms with Crippen LogP contribution in [0.3, 0.4) is 0 Å². The van der Waals surface area contributed by atoms with Crippen LogP contribution in [0.2, 0.25) is 0 Å². The van der Waals surface area contributed by atoms with Crippen LogP contribution in [0.5, 0.6) is 0 Å². The molecule has 3 heteroatoms. The van der Waals surface area contributed by atoms with Crippen LogP contribution >= 0.6 is 22.9 Å². The van der Waals surface area contributed by atoms with Crippen molar-refractivity contribution in [1.82, 2.24) is 3.11 Å². The minimum absolute atomic E-state index is 0.390. The van der Waals surface area contributed by atoms with Crippen LogP contribution in [0.25, 0.3) is 0 Å². The molecule has 0 bridgehead atoms. The van der Waals surface area contributed by atoms with E-state index in [4.69, 9.17) is 4.74 Å². The van der Waals surface area contributed by atoms with Crippen LogP contribution in [0, 0.1) is 0 Å². The summed E-state index contributed by atoms with van der Waals surface area (Å²) in [7, 11) is 0. The van der Waals surface area contributed by atoms with E-state index in [1.807, 2.05) is 0 Å². The van der Waals surface area contributed by atoms with Gasteiger partial charge in [0.15, 0.2) is 0 Å². The zero-order valence-corrected chi connectivity index (χ0v) is 9.37. The van der Waals surface area contributed by atoms with Crippen LogP contribution < -0.4 is 0 Å². The molecule has 0 aromatic rings. The zero-order chi connectivity index (χ0) is 8.27. The Morgan fingerprint density at radius 1 is 1.36 bits per heavy atom. The summed E-state index contributed by atoms with van der Waals surface area (Å²) in [4.78, 5) is 0. The Morgan fingerprint density at radius 2 is 1.91 bits per heavy atom. The molecule has 1 rings (SSSR count). The van der Waals surface area contributed by atoms with Crippen molar-refractivity contribution in [3.8, 4) is 0 Å². The summed E-state index contributed by atoms with van der Waals surface area (Å²) in [5.74, 6) is 0. The van der Waals surface area contributed by atoms with E-state index in [2.05, 4.69) is 39.8 Å². The quantitative estimate of drug-likeness (QED) is 0.563. The minimum Gasteiger partial charge on any atom is -0.375 e. The summed E-state index contributed by atoms with van der Waals surface area (Å²) in [6, 6.07) is 0. The van der Waals surface area contributed by atoms with Gasteiger partial charge in [0.05, 0.1) is 12.2 Å². The SMILES string of the molecule is CC(C)OC1CCN(I)CC1. The normalized spacial score (nSPS) is 22.9. The molecular formula is C8H16INO. The van der Waals surface area contributed by atoms with E-state index < -0.39 is 0 Å². The molecule has 66 valence electrons. The lowest BCUT2D eigenvalue weighted by molar-refractivity contribution is -0.0143. The summed E-state index contributed by atoms with van der Waals surface area (Å²) in [6.07, 6.45) is 3.30. The second-order valence-electron chi connectivity index (χ2n) is 3.29. The summed E-state index contributed by atoms with van der Waals surface area (Å²) in [6.45, 7) is 6.57. The molecule has 0 spiro atoms. The van der Waals surface area contributed by atoms with Gasteiger partial charge in [-0.1, -0.05) is 0 Å². The van der Waals surface area contributed by atoms with Crippen LogP contribution in [0.15, 0.2) is 0 Å². The van der Waals surface area contributed by atoms with E-state index in [1.165, 1.54) is 25.9 Å². The predicted molar refractivity (Wildman–Crippen MR) is 54.8 cm³/mol. The second kappa shape index (κ2) is 4.62. The van der Waals surface area contributed by atoms with Gasteiger partial charge in [-0.2, -0.15) is 0 Å². The van der Waals surface area contributed by atoms with Crippen LogP contribution in [-0.2, 0) is 4.74 Å². The van der Waals surface area contributed by atoms with Crippen molar-refractivity contribution >= 4 is 22.9 Å². The number of ether oxygens (including phenoxy) is 1. The smallest absolute Gasteiger partial charge is 0.0603 e. The third kappa shape index (κ3) is 3.71. The number of nitrogens with zero attached hydrogens (tertiary/aromatic N) is 1. The summed E-state index contributed by atoms with van der Waals surface area (Å²) in [5.41, 5.74) is 0. The molecule has 0 amide bonds. The standard InChI is InChI=1S/C8H16INO/c1-7(2)11-8-3-5-10(9)6-4-8/h7-8H,3-6H2,1-2H3. The molecule has 0 aromatic heterocycles. The molecule has 11 heavy (non-hydrogen) atoms. The lowest BCUT2D eigenvalue weighted by Gasteiger charge is -2.28. The van der Waals surface area contributed by atoms with Gasteiger partial charge in [-0.25, -0.2) is 3.11 Å². The maximum Gasteiger partial charge on any atom is 0.0603 e. The highest BCUT2D eigenvalue weighted by atomic mass is 127. The van der Waals surface area contributed by atoms with Gasteiger partial charge in [0, 0.05) is 36.0 Å². The monoisotopic (exact) mass is 269 g/mol. The van der Waals surface area contributed by atoms with Gasteiger partial charge in [-0.05, 0) is 26.7 Å². The molecule has 1 fully saturated rings. The van der Waals surface area contributed by atoms with E-state index >= 15 is 0 Å². The summed E-state index contributed by atoms with van der Waals surface area (Å²) in [5, 5.41) is 0. The van der Waals surface area contributed by atoms with Crippen molar-refractivity contribution in [3.63, 3.8) is 0 Å². The Hall–Kier alpha value is 0.650. The molecular weight excluding hydrogens is 253 g/mol. The highest BCUT2D eigenvalue weighted by Crippen LogP contribution is 2.17.